The molecule has 33 heavy (non-hydrogen) atoms. The summed E-state index contributed by atoms with van der Waals surface area (Å²) in [4.78, 5) is 17.5. The van der Waals surface area contributed by atoms with Crippen LogP contribution in [0.4, 0.5) is 0 Å². The van der Waals surface area contributed by atoms with E-state index in [9.17, 15) is 9.90 Å². The molecule has 2 heterocycles. The first-order valence-electron chi connectivity index (χ1n) is 10.7. The molecule has 0 aliphatic rings. The summed E-state index contributed by atoms with van der Waals surface area (Å²) >= 11 is 0. The SMILES string of the molecule is Cn1c(O)c(/C=N/NC(=O)Cn2c(Cc3ccccc3)nc3ccccc32)c2ccccc21. The van der Waals surface area contributed by atoms with E-state index in [1.54, 1.807) is 11.6 Å². The molecule has 0 saturated heterocycles. The smallest absolute Gasteiger partial charge is 0.260 e. The first-order chi connectivity index (χ1) is 16.1. The number of fused-ring (bicyclic) bond motifs is 2. The minimum Gasteiger partial charge on any atom is -0.494 e. The zero-order valence-electron chi connectivity index (χ0n) is 18.1. The minimum absolute atomic E-state index is 0.0849. The van der Waals surface area contributed by atoms with Crippen molar-refractivity contribution in [3.63, 3.8) is 0 Å². The van der Waals surface area contributed by atoms with Gasteiger partial charge in [-0.25, -0.2) is 10.4 Å². The number of hydrazone groups is 1. The highest BCUT2D eigenvalue weighted by atomic mass is 16.3. The largest absolute Gasteiger partial charge is 0.494 e. The van der Waals surface area contributed by atoms with Crippen LogP contribution < -0.4 is 5.43 Å². The summed E-state index contributed by atoms with van der Waals surface area (Å²) in [5, 5.41) is 15.4. The molecule has 2 N–H and O–H groups in total. The number of hydrogen-bond acceptors (Lipinski definition) is 4. The number of carbonyl (C=O) groups is 1. The number of aromatic nitrogens is 3. The van der Waals surface area contributed by atoms with E-state index in [0.29, 0.717) is 12.0 Å². The molecule has 7 nitrogen and oxygen atoms in total. The Hall–Kier alpha value is -4.39. The number of nitrogens with one attached hydrogen (secondary N) is 1. The van der Waals surface area contributed by atoms with Gasteiger partial charge in [-0.3, -0.25) is 4.79 Å². The molecule has 0 atom stereocenters. The summed E-state index contributed by atoms with van der Waals surface area (Å²) < 4.78 is 3.61. The molecule has 5 aromatic rings. The van der Waals surface area contributed by atoms with Crippen LogP contribution in [0.15, 0.2) is 84.0 Å². The molecule has 3 aromatic carbocycles. The van der Waals surface area contributed by atoms with E-state index < -0.39 is 0 Å². The normalized spacial score (nSPS) is 11.5. The maximum atomic E-state index is 12.8. The van der Waals surface area contributed by atoms with Gasteiger partial charge in [0.15, 0.2) is 0 Å². The molecule has 0 fully saturated rings. The van der Waals surface area contributed by atoms with E-state index in [4.69, 9.17) is 4.98 Å². The second-order valence-corrected chi connectivity index (χ2v) is 7.87. The van der Waals surface area contributed by atoms with Crippen molar-refractivity contribution in [2.45, 2.75) is 13.0 Å². The molecule has 0 aliphatic heterocycles. The fourth-order valence-corrected chi connectivity index (χ4v) is 4.10. The number of carbonyl (C=O) groups excluding carboxylic acids is 1. The molecule has 0 aliphatic carbocycles. The van der Waals surface area contributed by atoms with Gasteiger partial charge in [-0.15, -0.1) is 0 Å². The third-order valence-corrected chi connectivity index (χ3v) is 5.74. The Morgan fingerprint density at radius 1 is 1.00 bits per heavy atom. The summed E-state index contributed by atoms with van der Waals surface area (Å²) in [5.41, 5.74) is 6.91. The van der Waals surface area contributed by atoms with Gasteiger partial charge in [-0.2, -0.15) is 5.10 Å². The molecule has 0 spiro atoms. The van der Waals surface area contributed by atoms with Crippen molar-refractivity contribution in [3.8, 4) is 5.88 Å². The topological polar surface area (TPSA) is 84.4 Å². The van der Waals surface area contributed by atoms with Gasteiger partial charge in [0.2, 0.25) is 5.88 Å². The third-order valence-electron chi connectivity index (χ3n) is 5.74. The average molecular weight is 438 g/mol. The quantitative estimate of drug-likeness (QED) is 0.311. The fraction of sp³-hybridized carbons (Fsp3) is 0.115. The molecule has 0 radical (unpaired) electrons. The fourth-order valence-electron chi connectivity index (χ4n) is 4.10. The maximum Gasteiger partial charge on any atom is 0.260 e. The Bertz CT molecular complexity index is 1480. The Balaban J connectivity index is 1.38. The molecule has 0 bridgehead atoms. The van der Waals surface area contributed by atoms with E-state index in [0.717, 1.165) is 33.3 Å². The van der Waals surface area contributed by atoms with Crippen LogP contribution >= 0.6 is 0 Å². The predicted molar refractivity (Wildman–Crippen MR) is 129 cm³/mol. The number of aryl methyl sites for hydroxylation is 1. The Labute approximate surface area is 190 Å². The lowest BCUT2D eigenvalue weighted by atomic mass is 10.1. The number of amides is 1. The zero-order valence-corrected chi connectivity index (χ0v) is 18.1. The van der Waals surface area contributed by atoms with Crippen molar-refractivity contribution in [1.82, 2.24) is 19.5 Å². The summed E-state index contributed by atoms with van der Waals surface area (Å²) in [7, 11) is 1.78. The highest BCUT2D eigenvalue weighted by Crippen LogP contribution is 2.28. The lowest BCUT2D eigenvalue weighted by Crippen LogP contribution is -2.24. The third kappa shape index (κ3) is 3.96. The van der Waals surface area contributed by atoms with Crippen LogP contribution in [-0.4, -0.2) is 31.3 Å². The Kier molecular flexibility index (Phi) is 5.36. The van der Waals surface area contributed by atoms with Crippen molar-refractivity contribution >= 4 is 34.1 Å². The van der Waals surface area contributed by atoms with Crippen molar-refractivity contribution in [3.05, 3.63) is 95.8 Å². The highest BCUT2D eigenvalue weighted by molar-refractivity contribution is 6.02. The number of benzene rings is 3. The lowest BCUT2D eigenvalue weighted by molar-refractivity contribution is -0.121. The second kappa shape index (κ2) is 8.63. The standard InChI is InChI=1S/C26H23N5O2/c1-30-22-13-7-5-11-19(22)20(26(30)33)16-27-29-25(32)17-31-23-14-8-6-12-21(23)28-24(31)15-18-9-3-2-4-10-18/h2-14,16,33H,15,17H2,1H3,(H,29,32)/b27-16+. The zero-order chi connectivity index (χ0) is 22.8. The van der Waals surface area contributed by atoms with Crippen molar-refractivity contribution in [1.29, 1.82) is 0 Å². The van der Waals surface area contributed by atoms with Crippen molar-refractivity contribution in [2.75, 3.05) is 0 Å². The summed E-state index contributed by atoms with van der Waals surface area (Å²) in [6, 6.07) is 25.5. The summed E-state index contributed by atoms with van der Waals surface area (Å²) in [6.07, 6.45) is 2.10. The van der Waals surface area contributed by atoms with Gasteiger partial charge in [0.25, 0.3) is 5.91 Å². The molecular weight excluding hydrogens is 414 g/mol. The predicted octanol–water partition coefficient (Wildman–Crippen LogP) is 3.97. The van der Waals surface area contributed by atoms with Crippen molar-refractivity contribution in [2.24, 2.45) is 12.1 Å². The maximum absolute atomic E-state index is 12.8. The lowest BCUT2D eigenvalue weighted by Gasteiger charge is -2.08. The number of hydrogen-bond donors (Lipinski definition) is 2. The van der Waals surface area contributed by atoms with Crippen LogP contribution in [0, 0.1) is 0 Å². The molecule has 5 rings (SSSR count). The average Bonchev–Trinajstić information content (AvgIpc) is 3.30. The number of aromatic hydroxyl groups is 1. The summed E-state index contributed by atoms with van der Waals surface area (Å²) in [5.74, 6) is 0.636. The van der Waals surface area contributed by atoms with Gasteiger partial charge in [-0.05, 0) is 23.8 Å². The van der Waals surface area contributed by atoms with Crippen LogP contribution in [-0.2, 0) is 24.8 Å². The van der Waals surface area contributed by atoms with E-state index in [1.165, 1.54) is 6.21 Å². The molecule has 0 unspecified atom stereocenters. The first-order valence-corrected chi connectivity index (χ1v) is 10.7. The van der Waals surface area contributed by atoms with E-state index in [-0.39, 0.29) is 18.3 Å². The van der Waals surface area contributed by atoms with Gasteiger partial charge >= 0.3 is 0 Å². The van der Waals surface area contributed by atoms with Gasteiger partial charge in [-0.1, -0.05) is 60.7 Å². The molecule has 7 heteroatoms. The number of para-hydroxylation sites is 3. The molecule has 2 aromatic heterocycles. The van der Waals surface area contributed by atoms with E-state index in [1.807, 2.05) is 83.4 Å². The number of rotatable bonds is 6. The Morgan fingerprint density at radius 2 is 1.70 bits per heavy atom. The van der Waals surface area contributed by atoms with Crippen LogP contribution in [0.2, 0.25) is 0 Å². The summed E-state index contributed by atoms with van der Waals surface area (Å²) in [6.45, 7) is 0.0849. The van der Waals surface area contributed by atoms with Gasteiger partial charge in [0, 0.05) is 18.9 Å². The van der Waals surface area contributed by atoms with Crippen molar-refractivity contribution < 1.29 is 9.90 Å². The molecule has 1 amide bonds. The van der Waals surface area contributed by atoms with Gasteiger partial charge < -0.3 is 14.2 Å². The Morgan fingerprint density at radius 3 is 2.52 bits per heavy atom. The van der Waals surface area contributed by atoms with Gasteiger partial charge in [0.1, 0.15) is 12.4 Å². The molecule has 164 valence electrons. The first kappa shape index (κ1) is 20.5. The second-order valence-electron chi connectivity index (χ2n) is 7.87. The van der Waals surface area contributed by atoms with Crippen LogP contribution in [0.25, 0.3) is 21.9 Å². The van der Waals surface area contributed by atoms with E-state index in [2.05, 4.69) is 10.5 Å². The van der Waals surface area contributed by atoms with Gasteiger partial charge in [0.05, 0.1) is 28.3 Å². The number of imidazole rings is 1. The van der Waals surface area contributed by atoms with Crippen LogP contribution in [0.3, 0.4) is 0 Å². The molecular formula is C26H23N5O2. The van der Waals surface area contributed by atoms with E-state index >= 15 is 0 Å². The van der Waals surface area contributed by atoms with Crippen LogP contribution in [0.5, 0.6) is 5.88 Å². The monoisotopic (exact) mass is 437 g/mol. The highest BCUT2D eigenvalue weighted by Gasteiger charge is 2.15. The van der Waals surface area contributed by atoms with Crippen LogP contribution in [0.1, 0.15) is 17.0 Å². The minimum atomic E-state index is -0.275. The molecule has 0 saturated carbocycles. The number of nitrogens with zero attached hydrogens (tertiary/aromatic N) is 4.